The van der Waals surface area contributed by atoms with Gasteiger partial charge in [-0.25, -0.2) is 4.79 Å². The van der Waals surface area contributed by atoms with Gasteiger partial charge in [-0.2, -0.15) is 0 Å². The summed E-state index contributed by atoms with van der Waals surface area (Å²) < 4.78 is 0. The van der Waals surface area contributed by atoms with Crippen molar-refractivity contribution in [1.29, 1.82) is 0 Å². The average molecular weight is 227 g/mol. The number of carbonyl (C=O) groups is 1. The molecule has 0 bridgehead atoms. The molecule has 5 heteroatoms. The van der Waals surface area contributed by atoms with Gasteiger partial charge < -0.3 is 20.2 Å². The molecule has 0 saturated carbocycles. The van der Waals surface area contributed by atoms with Gasteiger partial charge in [-0.05, 0) is 39.4 Å². The van der Waals surface area contributed by atoms with Crippen LogP contribution in [0.5, 0.6) is 0 Å². The summed E-state index contributed by atoms with van der Waals surface area (Å²) in [4.78, 5) is 15.8. The summed E-state index contributed by atoms with van der Waals surface area (Å²) in [5, 5.41) is 12.4. The number of rotatable bonds is 1. The fourth-order valence-corrected chi connectivity index (χ4v) is 2.35. The van der Waals surface area contributed by atoms with Crippen LogP contribution in [0.3, 0.4) is 0 Å². The lowest BCUT2D eigenvalue weighted by atomic mass is 10.1. The first kappa shape index (κ1) is 11.7. The number of nitrogens with zero attached hydrogens (tertiary/aromatic N) is 2. The number of hydrogen-bond acceptors (Lipinski definition) is 3. The maximum Gasteiger partial charge on any atom is 0.317 e. The number of aliphatic hydroxyl groups excluding tert-OH is 1. The number of hydrogen-bond donors (Lipinski definition) is 2. The molecule has 1 atom stereocenters. The quantitative estimate of drug-likeness (QED) is 0.655. The van der Waals surface area contributed by atoms with E-state index < -0.39 is 0 Å². The summed E-state index contributed by atoms with van der Waals surface area (Å²) in [6.45, 7) is 3.26. The Balaban J connectivity index is 1.75. The summed E-state index contributed by atoms with van der Waals surface area (Å²) in [5.41, 5.74) is 0. The largest absolute Gasteiger partial charge is 0.391 e. The molecular weight excluding hydrogens is 206 g/mol. The van der Waals surface area contributed by atoms with Gasteiger partial charge in [0.2, 0.25) is 0 Å². The van der Waals surface area contributed by atoms with Gasteiger partial charge in [-0.3, -0.25) is 0 Å². The topological polar surface area (TPSA) is 55.8 Å². The minimum absolute atomic E-state index is 0.00824. The lowest BCUT2D eigenvalue weighted by molar-refractivity contribution is 0.165. The highest BCUT2D eigenvalue weighted by molar-refractivity contribution is 5.74. The van der Waals surface area contributed by atoms with Crippen LogP contribution in [0.1, 0.15) is 19.3 Å². The summed E-state index contributed by atoms with van der Waals surface area (Å²) in [5.74, 6) is 0. The van der Waals surface area contributed by atoms with Crippen LogP contribution in [0.4, 0.5) is 4.79 Å². The Bertz CT molecular complexity index is 252. The molecule has 0 radical (unpaired) electrons. The van der Waals surface area contributed by atoms with E-state index in [1.165, 1.54) is 0 Å². The Kier molecular flexibility index (Phi) is 3.66. The SMILES string of the molecule is CN1CCC(NC(=O)N2CCC(O)C2)CC1. The number of amides is 2. The van der Waals surface area contributed by atoms with Crippen molar-refractivity contribution in [3.8, 4) is 0 Å². The molecule has 2 heterocycles. The van der Waals surface area contributed by atoms with Gasteiger partial charge in [0, 0.05) is 19.1 Å². The van der Waals surface area contributed by atoms with Gasteiger partial charge in [-0.1, -0.05) is 0 Å². The number of piperidine rings is 1. The van der Waals surface area contributed by atoms with E-state index in [2.05, 4.69) is 17.3 Å². The molecule has 0 spiro atoms. The second kappa shape index (κ2) is 5.01. The third-order valence-corrected chi connectivity index (χ3v) is 3.50. The van der Waals surface area contributed by atoms with Gasteiger partial charge in [-0.15, -0.1) is 0 Å². The molecule has 2 fully saturated rings. The lowest BCUT2D eigenvalue weighted by Crippen LogP contribution is -2.48. The van der Waals surface area contributed by atoms with E-state index in [4.69, 9.17) is 0 Å². The van der Waals surface area contributed by atoms with Crippen molar-refractivity contribution >= 4 is 6.03 Å². The first-order valence-corrected chi connectivity index (χ1v) is 6.07. The Labute approximate surface area is 96.4 Å². The van der Waals surface area contributed by atoms with E-state index in [1.54, 1.807) is 4.90 Å². The van der Waals surface area contributed by atoms with Crippen LogP contribution >= 0.6 is 0 Å². The molecule has 1 unspecified atom stereocenters. The molecule has 5 nitrogen and oxygen atoms in total. The minimum atomic E-state index is -0.330. The molecule has 2 aliphatic heterocycles. The average Bonchev–Trinajstić information content (AvgIpc) is 2.68. The van der Waals surface area contributed by atoms with Crippen LogP contribution < -0.4 is 5.32 Å². The molecule has 0 aromatic heterocycles. The maximum atomic E-state index is 11.8. The van der Waals surface area contributed by atoms with Crippen LogP contribution in [0.2, 0.25) is 0 Å². The molecule has 2 N–H and O–H groups in total. The van der Waals surface area contributed by atoms with Gasteiger partial charge in [0.1, 0.15) is 0 Å². The van der Waals surface area contributed by atoms with Crippen molar-refractivity contribution in [3.05, 3.63) is 0 Å². The van der Waals surface area contributed by atoms with Crippen molar-refractivity contribution in [3.63, 3.8) is 0 Å². The predicted octanol–water partition coefficient (Wildman–Crippen LogP) is -0.143. The molecule has 0 aliphatic carbocycles. The Morgan fingerprint density at radius 2 is 1.94 bits per heavy atom. The Morgan fingerprint density at radius 1 is 1.25 bits per heavy atom. The number of aliphatic hydroxyl groups is 1. The maximum absolute atomic E-state index is 11.8. The fourth-order valence-electron chi connectivity index (χ4n) is 2.35. The third kappa shape index (κ3) is 2.86. The molecule has 0 aromatic rings. The van der Waals surface area contributed by atoms with Gasteiger partial charge >= 0.3 is 6.03 Å². The molecule has 0 aromatic carbocycles. The van der Waals surface area contributed by atoms with E-state index in [9.17, 15) is 9.90 Å². The Hall–Kier alpha value is -0.810. The van der Waals surface area contributed by atoms with Crippen LogP contribution in [0.25, 0.3) is 0 Å². The first-order chi connectivity index (χ1) is 7.65. The summed E-state index contributed by atoms with van der Waals surface area (Å²) >= 11 is 0. The lowest BCUT2D eigenvalue weighted by Gasteiger charge is -2.30. The molecule has 16 heavy (non-hydrogen) atoms. The number of urea groups is 1. The second-order valence-corrected chi connectivity index (χ2v) is 4.92. The summed E-state index contributed by atoms with van der Waals surface area (Å²) in [7, 11) is 2.11. The zero-order valence-corrected chi connectivity index (χ0v) is 9.85. The van der Waals surface area contributed by atoms with E-state index in [-0.39, 0.29) is 12.1 Å². The van der Waals surface area contributed by atoms with Crippen molar-refractivity contribution in [2.24, 2.45) is 0 Å². The van der Waals surface area contributed by atoms with Crippen LogP contribution in [-0.4, -0.2) is 66.3 Å². The number of carbonyl (C=O) groups excluding carboxylic acids is 1. The number of likely N-dealkylation sites (tertiary alicyclic amines) is 2. The highest BCUT2D eigenvalue weighted by Crippen LogP contribution is 2.12. The van der Waals surface area contributed by atoms with Crippen LogP contribution in [-0.2, 0) is 0 Å². The van der Waals surface area contributed by atoms with Crippen molar-refractivity contribution in [1.82, 2.24) is 15.1 Å². The second-order valence-electron chi connectivity index (χ2n) is 4.92. The van der Waals surface area contributed by atoms with Gasteiger partial charge in [0.25, 0.3) is 0 Å². The number of β-amino-alcohol motifs (C(OH)–C–C–N with tert-alkyl or cyclic N) is 1. The Morgan fingerprint density at radius 3 is 2.50 bits per heavy atom. The zero-order valence-electron chi connectivity index (χ0n) is 9.85. The number of nitrogens with one attached hydrogen (secondary N) is 1. The molecule has 2 amide bonds. The fraction of sp³-hybridized carbons (Fsp3) is 0.909. The van der Waals surface area contributed by atoms with Crippen molar-refractivity contribution in [2.75, 3.05) is 33.2 Å². The molecule has 2 rings (SSSR count). The standard InChI is InChI=1S/C11H21N3O2/c1-13-5-2-9(3-6-13)12-11(16)14-7-4-10(15)8-14/h9-10,15H,2-8H2,1H3,(H,12,16). The normalized spacial score (nSPS) is 28.4. The van der Waals surface area contributed by atoms with Crippen LogP contribution in [0.15, 0.2) is 0 Å². The molecule has 2 aliphatic rings. The highest BCUT2D eigenvalue weighted by atomic mass is 16.3. The highest BCUT2D eigenvalue weighted by Gasteiger charge is 2.26. The zero-order chi connectivity index (χ0) is 11.5. The van der Waals surface area contributed by atoms with E-state index in [0.717, 1.165) is 25.9 Å². The smallest absolute Gasteiger partial charge is 0.317 e. The van der Waals surface area contributed by atoms with E-state index in [1.807, 2.05) is 0 Å². The van der Waals surface area contributed by atoms with Gasteiger partial charge in [0.15, 0.2) is 0 Å². The van der Waals surface area contributed by atoms with E-state index >= 15 is 0 Å². The third-order valence-electron chi connectivity index (χ3n) is 3.50. The van der Waals surface area contributed by atoms with E-state index in [0.29, 0.717) is 25.6 Å². The van der Waals surface area contributed by atoms with Crippen LogP contribution in [0, 0.1) is 0 Å². The predicted molar refractivity (Wildman–Crippen MR) is 61.2 cm³/mol. The first-order valence-electron chi connectivity index (χ1n) is 6.07. The van der Waals surface area contributed by atoms with Crippen molar-refractivity contribution < 1.29 is 9.90 Å². The monoisotopic (exact) mass is 227 g/mol. The summed E-state index contributed by atoms with van der Waals surface area (Å²) in [6, 6.07) is 0.299. The molecular formula is C11H21N3O2. The summed E-state index contributed by atoms with van der Waals surface area (Å²) in [6.07, 6.45) is 2.43. The van der Waals surface area contributed by atoms with Gasteiger partial charge in [0.05, 0.1) is 6.10 Å². The molecule has 2 saturated heterocycles. The van der Waals surface area contributed by atoms with Crippen molar-refractivity contribution in [2.45, 2.75) is 31.4 Å². The minimum Gasteiger partial charge on any atom is -0.391 e. The molecule has 92 valence electrons.